The van der Waals surface area contributed by atoms with Gasteiger partial charge in [-0.15, -0.1) is 0 Å². The number of phosphoric ester groups is 1. The van der Waals surface area contributed by atoms with Crippen LogP contribution < -0.4 is 5.32 Å². The van der Waals surface area contributed by atoms with Gasteiger partial charge in [-0.2, -0.15) is 0 Å². The van der Waals surface area contributed by atoms with Gasteiger partial charge in [-0.05, 0) is 102 Å². The number of amides is 1. The Morgan fingerprint density at radius 1 is 0.444 bits per heavy atom. The van der Waals surface area contributed by atoms with E-state index in [-0.39, 0.29) is 37.9 Å². The molecule has 0 heterocycles. The molecule has 0 aliphatic carbocycles. The van der Waals surface area contributed by atoms with Gasteiger partial charge in [-0.3, -0.25) is 18.6 Å². The van der Waals surface area contributed by atoms with Crippen LogP contribution in [0.4, 0.5) is 0 Å². The number of phosphoric acid groups is 1. The molecule has 0 fully saturated rings. The van der Waals surface area contributed by atoms with Gasteiger partial charge in [-0.1, -0.05) is 272 Å². The summed E-state index contributed by atoms with van der Waals surface area (Å²) in [5.74, 6) is -0.604. The summed E-state index contributed by atoms with van der Waals surface area (Å²) in [4.78, 5) is 37.8. The van der Waals surface area contributed by atoms with Crippen molar-refractivity contribution in [3.63, 3.8) is 0 Å². The standard InChI is InChI=1S/C71H125N2O7P/c1-7-10-13-16-19-22-25-28-30-32-34-35-36-37-39-41-43-46-49-52-55-58-61-64-71(75)80-69(62-59-56-53-50-47-44-27-24-21-18-15-12-9-3)68(67-79-81(76,77)78-66-65-73(4,5)6)72-70(74)63-60-57-54-51-48-45-42-40-38-33-31-29-26-23-20-17-14-11-8-2/h11,14,19-20,22-23,28-31,38,40,45,48,54,57,59,62,68-69H,7-10,12-13,15-18,21,24-27,32-37,39,41-44,46-47,49-53,55-56,58,60-61,63-67H2,1-6H3,(H-,72,74,76,77)/p+1/b14-11-,22-19-,23-20-,30-28-,31-29-,40-38-,48-45-,57-54-,62-59+. The fraction of sp³-hybridized carbons (Fsp3) is 0.718. The van der Waals surface area contributed by atoms with Crippen LogP contribution in [0.3, 0.4) is 0 Å². The summed E-state index contributed by atoms with van der Waals surface area (Å²) in [6.45, 7) is 6.82. The minimum absolute atomic E-state index is 0.0221. The highest BCUT2D eigenvalue weighted by atomic mass is 31.2. The second kappa shape index (κ2) is 59.8. The topological polar surface area (TPSA) is 111 Å². The molecule has 2 N–H and O–H groups in total. The molecule has 81 heavy (non-hydrogen) atoms. The van der Waals surface area contributed by atoms with Crippen molar-refractivity contribution in [2.45, 2.75) is 290 Å². The lowest BCUT2D eigenvalue weighted by molar-refractivity contribution is -0.870. The van der Waals surface area contributed by atoms with Crippen molar-refractivity contribution in [3.8, 4) is 0 Å². The highest BCUT2D eigenvalue weighted by molar-refractivity contribution is 7.47. The van der Waals surface area contributed by atoms with E-state index >= 15 is 0 Å². The van der Waals surface area contributed by atoms with Crippen molar-refractivity contribution in [1.29, 1.82) is 0 Å². The van der Waals surface area contributed by atoms with Gasteiger partial charge in [0.15, 0.2) is 0 Å². The first-order chi connectivity index (χ1) is 39.4. The summed E-state index contributed by atoms with van der Waals surface area (Å²) in [5, 5.41) is 3.01. The number of nitrogens with one attached hydrogen (secondary N) is 1. The molecule has 10 heteroatoms. The molecule has 0 aromatic rings. The fourth-order valence-electron chi connectivity index (χ4n) is 9.11. The minimum Gasteiger partial charge on any atom is -0.456 e. The maximum atomic E-state index is 13.5. The average Bonchev–Trinajstić information content (AvgIpc) is 3.44. The van der Waals surface area contributed by atoms with Gasteiger partial charge in [0.25, 0.3) is 0 Å². The number of quaternary nitrogens is 1. The molecule has 0 aliphatic heterocycles. The van der Waals surface area contributed by atoms with Crippen molar-refractivity contribution < 1.29 is 37.3 Å². The highest BCUT2D eigenvalue weighted by Crippen LogP contribution is 2.43. The number of hydrogen-bond donors (Lipinski definition) is 2. The fourth-order valence-corrected chi connectivity index (χ4v) is 9.85. The molecule has 3 atom stereocenters. The van der Waals surface area contributed by atoms with Crippen molar-refractivity contribution in [2.75, 3.05) is 40.9 Å². The van der Waals surface area contributed by atoms with Crippen molar-refractivity contribution in [1.82, 2.24) is 5.32 Å². The zero-order valence-corrected chi connectivity index (χ0v) is 54.1. The molecule has 0 saturated carbocycles. The summed E-state index contributed by atoms with van der Waals surface area (Å²) in [6.07, 6.45) is 82.5. The number of carbonyl (C=O) groups is 2. The van der Waals surface area contributed by atoms with Gasteiger partial charge in [0.2, 0.25) is 5.91 Å². The van der Waals surface area contributed by atoms with Crippen LogP contribution >= 0.6 is 7.82 Å². The molecular formula is C71H126N2O7P+. The number of rotatable bonds is 59. The third-order valence-corrected chi connectivity index (χ3v) is 15.2. The number of allylic oxidation sites excluding steroid dienone is 17. The molecule has 0 spiro atoms. The summed E-state index contributed by atoms with van der Waals surface area (Å²) in [6, 6.07) is -0.896. The van der Waals surface area contributed by atoms with Crippen LogP contribution in [-0.2, 0) is 27.9 Å². The number of unbranched alkanes of at least 4 members (excludes halogenated alkanes) is 27. The Balaban J connectivity index is 5.29. The van der Waals surface area contributed by atoms with Gasteiger partial charge in [0, 0.05) is 12.8 Å². The van der Waals surface area contributed by atoms with E-state index in [0.29, 0.717) is 17.4 Å². The van der Waals surface area contributed by atoms with Crippen molar-refractivity contribution in [2.24, 2.45) is 0 Å². The Bertz CT molecular complexity index is 1750. The Morgan fingerprint density at radius 2 is 0.802 bits per heavy atom. The van der Waals surface area contributed by atoms with Crippen LogP contribution in [0.2, 0.25) is 0 Å². The average molecular weight is 1150 g/mol. The van der Waals surface area contributed by atoms with E-state index in [1.807, 2.05) is 39.4 Å². The number of hydrogen-bond acceptors (Lipinski definition) is 6. The van der Waals surface area contributed by atoms with Gasteiger partial charge in [-0.25, -0.2) is 4.57 Å². The molecule has 0 aliphatic rings. The quantitative estimate of drug-likeness (QED) is 0.0205. The lowest BCUT2D eigenvalue weighted by Crippen LogP contribution is -2.47. The van der Waals surface area contributed by atoms with Gasteiger partial charge >= 0.3 is 13.8 Å². The maximum absolute atomic E-state index is 13.5. The third kappa shape index (κ3) is 61.1. The molecular weight excluding hydrogens is 1020 g/mol. The molecule has 0 saturated heterocycles. The number of esters is 1. The Kier molecular flexibility index (Phi) is 57.4. The van der Waals surface area contributed by atoms with Crippen LogP contribution in [0.25, 0.3) is 0 Å². The van der Waals surface area contributed by atoms with E-state index in [1.54, 1.807) is 0 Å². The van der Waals surface area contributed by atoms with Crippen molar-refractivity contribution >= 4 is 19.7 Å². The second-order valence-electron chi connectivity index (χ2n) is 23.3. The number of likely N-dealkylation sites (N-methyl/N-ethyl adjacent to an activating group) is 1. The number of ether oxygens (including phenoxy) is 1. The first-order valence-corrected chi connectivity index (χ1v) is 34.7. The van der Waals surface area contributed by atoms with Crippen LogP contribution in [0.15, 0.2) is 109 Å². The van der Waals surface area contributed by atoms with E-state index in [4.69, 9.17) is 13.8 Å². The van der Waals surface area contributed by atoms with Crippen molar-refractivity contribution in [3.05, 3.63) is 109 Å². The van der Waals surface area contributed by atoms with Crippen LogP contribution in [0, 0.1) is 0 Å². The highest BCUT2D eigenvalue weighted by Gasteiger charge is 2.30. The molecule has 9 nitrogen and oxygen atoms in total. The van der Waals surface area contributed by atoms with Crippen LogP contribution in [-0.4, -0.2) is 74.3 Å². The predicted octanol–water partition coefficient (Wildman–Crippen LogP) is 20.9. The molecule has 0 rings (SSSR count). The van der Waals surface area contributed by atoms with Crippen LogP contribution in [0.5, 0.6) is 0 Å². The largest absolute Gasteiger partial charge is 0.472 e. The van der Waals surface area contributed by atoms with Gasteiger partial charge < -0.3 is 19.4 Å². The first kappa shape index (κ1) is 77.7. The molecule has 0 aromatic heterocycles. The van der Waals surface area contributed by atoms with E-state index in [0.717, 1.165) is 83.5 Å². The zero-order chi connectivity index (χ0) is 59.3. The second-order valence-corrected chi connectivity index (χ2v) is 24.7. The Morgan fingerprint density at radius 3 is 1.23 bits per heavy atom. The Labute approximate surface area is 500 Å². The molecule has 0 aromatic carbocycles. The summed E-state index contributed by atoms with van der Waals surface area (Å²) in [7, 11) is 1.44. The van der Waals surface area contributed by atoms with E-state index < -0.39 is 20.0 Å². The summed E-state index contributed by atoms with van der Waals surface area (Å²) < 4.78 is 30.7. The predicted molar refractivity (Wildman–Crippen MR) is 350 cm³/mol. The SMILES string of the molecule is CC/C=C\C/C=C\C/C=C\C/C=C\C/C=C\C/C=C\CCC(=O)NC(COP(=O)(O)OCC[N+](C)(C)C)C(/C=C/CCCCCCCCCCCCC)OC(=O)CCCCCCCCCCCCCCC/C=C\C/C=C\CCCCC. The van der Waals surface area contributed by atoms with E-state index in [9.17, 15) is 19.0 Å². The molecule has 0 radical (unpaired) electrons. The zero-order valence-electron chi connectivity index (χ0n) is 53.2. The lowest BCUT2D eigenvalue weighted by atomic mass is 10.0. The molecule has 0 bridgehead atoms. The normalized spacial score (nSPS) is 14.3. The maximum Gasteiger partial charge on any atom is 0.472 e. The lowest BCUT2D eigenvalue weighted by Gasteiger charge is -2.27. The monoisotopic (exact) mass is 1150 g/mol. The molecule has 3 unspecified atom stereocenters. The van der Waals surface area contributed by atoms with Gasteiger partial charge in [0.05, 0.1) is 33.8 Å². The third-order valence-electron chi connectivity index (χ3n) is 14.2. The summed E-state index contributed by atoms with van der Waals surface area (Å²) in [5.41, 5.74) is 0. The first-order valence-electron chi connectivity index (χ1n) is 33.2. The van der Waals surface area contributed by atoms with E-state index in [1.165, 1.54) is 154 Å². The van der Waals surface area contributed by atoms with Crippen LogP contribution in [0.1, 0.15) is 278 Å². The number of carbonyl (C=O) groups excluding carboxylic acids is 2. The van der Waals surface area contributed by atoms with E-state index in [2.05, 4.69) is 117 Å². The minimum atomic E-state index is -4.48. The van der Waals surface area contributed by atoms with Gasteiger partial charge in [0.1, 0.15) is 19.3 Å². The Hall–Kier alpha value is -3.33. The molecule has 1 amide bonds. The summed E-state index contributed by atoms with van der Waals surface area (Å²) >= 11 is 0. The number of nitrogens with zero attached hydrogens (tertiary/aromatic N) is 1. The molecule has 466 valence electrons. The smallest absolute Gasteiger partial charge is 0.456 e.